The van der Waals surface area contributed by atoms with Gasteiger partial charge in [-0.2, -0.15) is 0 Å². The van der Waals surface area contributed by atoms with Crippen LogP contribution < -0.4 is 19.3 Å². The van der Waals surface area contributed by atoms with Gasteiger partial charge >= 0.3 is 5.97 Å². The highest BCUT2D eigenvalue weighted by molar-refractivity contribution is 6.51. The van der Waals surface area contributed by atoms with E-state index in [2.05, 4.69) is 0 Å². The van der Waals surface area contributed by atoms with E-state index in [-0.39, 0.29) is 11.3 Å². The van der Waals surface area contributed by atoms with Crippen molar-refractivity contribution < 1.29 is 29.0 Å². The smallest absolute Gasteiger partial charge is 0.308 e. The van der Waals surface area contributed by atoms with Crippen LogP contribution in [0.5, 0.6) is 11.5 Å². The first-order chi connectivity index (χ1) is 18.2. The third-order valence-corrected chi connectivity index (χ3v) is 7.00. The van der Waals surface area contributed by atoms with Gasteiger partial charge in [-0.25, -0.2) is 0 Å². The minimum Gasteiger partial charge on any atom is -0.507 e. The first-order valence-corrected chi connectivity index (χ1v) is 12.3. The number of aliphatic hydroxyl groups excluding tert-OH is 1. The second-order valence-electron chi connectivity index (χ2n) is 9.55. The predicted octanol–water partition coefficient (Wildman–Crippen LogP) is 4.68. The fraction of sp³-hybridized carbons (Fsp3) is 0.233. The molecule has 3 aromatic rings. The first kappa shape index (κ1) is 25.1. The molecule has 0 bridgehead atoms. The average Bonchev–Trinajstić information content (AvgIpc) is 3.15. The van der Waals surface area contributed by atoms with Crippen LogP contribution in [0, 0.1) is 13.8 Å². The summed E-state index contributed by atoms with van der Waals surface area (Å²) in [5, 5.41) is 11.5. The summed E-state index contributed by atoms with van der Waals surface area (Å²) in [6, 6.07) is 16.4. The zero-order valence-electron chi connectivity index (χ0n) is 21.6. The van der Waals surface area contributed by atoms with E-state index in [1.165, 1.54) is 11.8 Å². The molecule has 38 heavy (non-hydrogen) atoms. The molecule has 1 unspecified atom stereocenters. The Morgan fingerprint density at radius 2 is 1.74 bits per heavy atom. The van der Waals surface area contributed by atoms with E-state index in [1.807, 2.05) is 37.9 Å². The topological polar surface area (TPSA) is 96.4 Å². The molecule has 2 heterocycles. The maximum absolute atomic E-state index is 13.5. The number of aryl methyl sites for hydroxylation is 2. The molecule has 1 saturated heterocycles. The van der Waals surface area contributed by atoms with Crippen LogP contribution in [0.1, 0.15) is 35.2 Å². The molecule has 0 aromatic heterocycles. The molecule has 1 amide bonds. The number of likely N-dealkylation sites (N-methyl/N-ethyl adjacent to an activating group) is 1. The lowest BCUT2D eigenvalue weighted by molar-refractivity contribution is -0.132. The first-order valence-electron chi connectivity index (χ1n) is 12.3. The Labute approximate surface area is 220 Å². The summed E-state index contributed by atoms with van der Waals surface area (Å²) in [6.07, 6.45) is 0. The number of hydrogen-bond donors (Lipinski definition) is 1. The van der Waals surface area contributed by atoms with Crippen LogP contribution in [0.3, 0.4) is 0 Å². The van der Waals surface area contributed by atoms with Crippen LogP contribution in [0.25, 0.3) is 5.76 Å². The molecule has 0 saturated carbocycles. The standard InChI is InChI=1S/C30H28N2O6/c1-17-5-9-22(15-18(17)2)32-27(20-6-10-23(11-7-20)38-19(3)33)26(29(35)30(32)36)28(34)21-8-12-25-24(16-21)31(4)13-14-37-25/h5-12,15-16,27,34H,13-14H2,1-4H3/b28-26-. The highest BCUT2D eigenvalue weighted by atomic mass is 16.5. The molecular weight excluding hydrogens is 484 g/mol. The van der Waals surface area contributed by atoms with Crippen molar-refractivity contribution >= 4 is 34.8 Å². The maximum atomic E-state index is 13.5. The van der Waals surface area contributed by atoms with E-state index in [0.29, 0.717) is 41.5 Å². The zero-order valence-corrected chi connectivity index (χ0v) is 21.6. The van der Waals surface area contributed by atoms with E-state index in [9.17, 15) is 19.5 Å². The lowest BCUT2D eigenvalue weighted by atomic mass is 9.94. The van der Waals surface area contributed by atoms with Gasteiger partial charge in [0.2, 0.25) is 0 Å². The quantitative estimate of drug-likeness (QED) is 0.178. The van der Waals surface area contributed by atoms with Crippen molar-refractivity contribution in [1.29, 1.82) is 0 Å². The number of nitrogens with zero attached hydrogens (tertiary/aromatic N) is 2. The molecule has 194 valence electrons. The Morgan fingerprint density at radius 1 is 1.00 bits per heavy atom. The summed E-state index contributed by atoms with van der Waals surface area (Å²) < 4.78 is 10.9. The van der Waals surface area contributed by atoms with Gasteiger partial charge in [0.1, 0.15) is 23.9 Å². The molecule has 1 atom stereocenters. The molecule has 2 aliphatic heterocycles. The maximum Gasteiger partial charge on any atom is 0.308 e. The number of ether oxygens (including phenoxy) is 2. The third-order valence-electron chi connectivity index (χ3n) is 7.00. The van der Waals surface area contributed by atoms with Crippen molar-refractivity contribution in [3.63, 3.8) is 0 Å². The number of aliphatic hydroxyl groups is 1. The Morgan fingerprint density at radius 3 is 2.42 bits per heavy atom. The summed E-state index contributed by atoms with van der Waals surface area (Å²) in [7, 11) is 1.93. The number of carbonyl (C=O) groups excluding carboxylic acids is 3. The van der Waals surface area contributed by atoms with Crippen LogP contribution in [0.4, 0.5) is 11.4 Å². The number of anilines is 2. The predicted molar refractivity (Wildman–Crippen MR) is 144 cm³/mol. The Bertz CT molecular complexity index is 1490. The molecule has 0 radical (unpaired) electrons. The van der Waals surface area contributed by atoms with Crippen LogP contribution in [-0.4, -0.2) is 43.0 Å². The number of fused-ring (bicyclic) bond motifs is 1. The number of benzene rings is 3. The molecule has 1 fully saturated rings. The second kappa shape index (κ2) is 9.70. The van der Waals surface area contributed by atoms with Crippen molar-refractivity contribution in [2.75, 3.05) is 30.0 Å². The SMILES string of the molecule is CC(=O)Oc1ccc(C2/C(=C(/O)c3ccc4c(c3)N(C)CCO4)C(=O)C(=O)N2c2ccc(C)c(C)c2)cc1. The normalized spacial score (nSPS) is 18.3. The highest BCUT2D eigenvalue weighted by Crippen LogP contribution is 2.44. The molecular formula is C30H28N2O6. The number of esters is 1. The number of ketones is 1. The van der Waals surface area contributed by atoms with Crippen LogP contribution >= 0.6 is 0 Å². The molecule has 0 spiro atoms. The Kier molecular flexibility index (Phi) is 6.40. The summed E-state index contributed by atoms with van der Waals surface area (Å²) in [5.41, 5.74) is 4.30. The number of carbonyl (C=O) groups is 3. The summed E-state index contributed by atoms with van der Waals surface area (Å²) in [6.45, 7) is 6.45. The lowest BCUT2D eigenvalue weighted by Crippen LogP contribution is -2.29. The van der Waals surface area contributed by atoms with Gasteiger partial charge in [0.25, 0.3) is 11.7 Å². The molecule has 8 heteroatoms. The van der Waals surface area contributed by atoms with Gasteiger partial charge in [0.05, 0.1) is 23.8 Å². The second-order valence-corrected chi connectivity index (χ2v) is 9.55. The van der Waals surface area contributed by atoms with E-state index in [4.69, 9.17) is 9.47 Å². The summed E-state index contributed by atoms with van der Waals surface area (Å²) in [4.78, 5) is 41.8. The Balaban J connectivity index is 1.68. The minimum absolute atomic E-state index is 0.0206. The van der Waals surface area contributed by atoms with Gasteiger partial charge in [-0.15, -0.1) is 0 Å². The average molecular weight is 513 g/mol. The van der Waals surface area contributed by atoms with E-state index >= 15 is 0 Å². The summed E-state index contributed by atoms with van der Waals surface area (Å²) >= 11 is 0. The third kappa shape index (κ3) is 4.38. The zero-order chi connectivity index (χ0) is 27.1. The Hall–Kier alpha value is -4.59. The van der Waals surface area contributed by atoms with Crippen LogP contribution in [0.15, 0.2) is 66.2 Å². The molecule has 5 rings (SSSR count). The molecule has 3 aromatic carbocycles. The van der Waals surface area contributed by atoms with Crippen molar-refractivity contribution in [3.05, 3.63) is 88.5 Å². The van der Waals surface area contributed by atoms with Gasteiger partial charge in [0.15, 0.2) is 0 Å². The van der Waals surface area contributed by atoms with Crippen LogP contribution in [-0.2, 0) is 14.4 Å². The summed E-state index contributed by atoms with van der Waals surface area (Å²) in [5.74, 6) is -1.23. The highest BCUT2D eigenvalue weighted by Gasteiger charge is 2.47. The molecule has 1 N–H and O–H groups in total. The fourth-order valence-corrected chi connectivity index (χ4v) is 4.83. The van der Waals surface area contributed by atoms with Gasteiger partial charge in [-0.1, -0.05) is 18.2 Å². The monoisotopic (exact) mass is 512 g/mol. The van der Waals surface area contributed by atoms with Gasteiger partial charge in [-0.3, -0.25) is 19.3 Å². The number of hydrogen-bond acceptors (Lipinski definition) is 7. The van der Waals surface area contributed by atoms with Gasteiger partial charge < -0.3 is 19.5 Å². The fourth-order valence-electron chi connectivity index (χ4n) is 4.83. The van der Waals surface area contributed by atoms with Crippen LogP contribution in [0.2, 0.25) is 0 Å². The minimum atomic E-state index is -0.895. The molecule has 2 aliphatic rings. The van der Waals surface area contributed by atoms with Gasteiger partial charge in [-0.05, 0) is 73.0 Å². The van der Waals surface area contributed by atoms with Gasteiger partial charge in [0, 0.05) is 25.2 Å². The van der Waals surface area contributed by atoms with E-state index < -0.39 is 23.7 Å². The van der Waals surface area contributed by atoms with Crippen molar-refractivity contribution in [1.82, 2.24) is 0 Å². The molecule has 0 aliphatic carbocycles. The van der Waals surface area contributed by atoms with E-state index in [1.54, 1.807) is 48.5 Å². The number of amides is 1. The largest absolute Gasteiger partial charge is 0.507 e. The number of Topliss-reactive ketones (excluding diaryl/α,β-unsaturated/α-hetero) is 1. The van der Waals surface area contributed by atoms with Crippen molar-refractivity contribution in [3.8, 4) is 11.5 Å². The van der Waals surface area contributed by atoms with Crippen molar-refractivity contribution in [2.45, 2.75) is 26.8 Å². The molecule has 8 nitrogen and oxygen atoms in total. The lowest BCUT2D eigenvalue weighted by Gasteiger charge is -2.28. The van der Waals surface area contributed by atoms with Crippen molar-refractivity contribution in [2.24, 2.45) is 0 Å². The number of rotatable bonds is 4. The van der Waals surface area contributed by atoms with E-state index in [0.717, 1.165) is 16.8 Å².